The Hall–Kier alpha value is -1.70. The van der Waals surface area contributed by atoms with Gasteiger partial charge in [0.2, 0.25) is 0 Å². The standard InChI is InChI=1S/C23H35NO/c1-3-4-5-6-7-8-9-10-11-12-14-20-17-19(2)18-21(23(20)25)22-15-13-16-24-22/h13,15-18,24-25H,3-12,14H2,1-2H3. The Morgan fingerprint density at radius 1 is 0.880 bits per heavy atom. The average molecular weight is 342 g/mol. The second-order valence-electron chi connectivity index (χ2n) is 7.34. The molecule has 0 aliphatic rings. The van der Waals surface area contributed by atoms with Gasteiger partial charge in [-0.15, -0.1) is 0 Å². The van der Waals surface area contributed by atoms with Crippen molar-refractivity contribution >= 4 is 0 Å². The smallest absolute Gasteiger partial charge is 0.128 e. The maximum Gasteiger partial charge on any atom is 0.128 e. The molecule has 2 aromatic rings. The zero-order chi connectivity index (χ0) is 17.9. The molecule has 0 aliphatic carbocycles. The summed E-state index contributed by atoms with van der Waals surface area (Å²) < 4.78 is 0. The average Bonchev–Trinajstić information content (AvgIpc) is 3.13. The number of hydrogen-bond acceptors (Lipinski definition) is 1. The van der Waals surface area contributed by atoms with Gasteiger partial charge in [0.25, 0.3) is 0 Å². The quantitative estimate of drug-likeness (QED) is 0.395. The molecule has 0 saturated heterocycles. The zero-order valence-electron chi connectivity index (χ0n) is 16.1. The molecule has 0 atom stereocenters. The van der Waals surface area contributed by atoms with Gasteiger partial charge in [0.05, 0.1) is 0 Å². The molecule has 25 heavy (non-hydrogen) atoms. The highest BCUT2D eigenvalue weighted by atomic mass is 16.3. The van der Waals surface area contributed by atoms with E-state index in [0.717, 1.165) is 29.7 Å². The fraction of sp³-hybridized carbons (Fsp3) is 0.565. The Labute approximate surface area is 153 Å². The van der Waals surface area contributed by atoms with E-state index in [1.807, 2.05) is 18.3 Å². The molecule has 0 radical (unpaired) electrons. The Bertz CT molecular complexity index is 601. The van der Waals surface area contributed by atoms with Crippen LogP contribution >= 0.6 is 0 Å². The van der Waals surface area contributed by atoms with Crippen molar-refractivity contribution in [2.24, 2.45) is 0 Å². The third kappa shape index (κ3) is 6.61. The molecular weight excluding hydrogens is 306 g/mol. The van der Waals surface area contributed by atoms with Crippen LogP contribution in [0, 0.1) is 6.92 Å². The van der Waals surface area contributed by atoms with E-state index in [9.17, 15) is 5.11 Å². The Morgan fingerprint density at radius 2 is 1.52 bits per heavy atom. The first-order valence-electron chi connectivity index (χ1n) is 10.2. The van der Waals surface area contributed by atoms with E-state index in [1.165, 1.54) is 63.4 Å². The molecule has 1 aromatic carbocycles. The summed E-state index contributed by atoms with van der Waals surface area (Å²) >= 11 is 0. The van der Waals surface area contributed by atoms with Gasteiger partial charge in [-0.25, -0.2) is 0 Å². The van der Waals surface area contributed by atoms with Crippen LogP contribution in [-0.2, 0) is 6.42 Å². The van der Waals surface area contributed by atoms with Crippen molar-refractivity contribution in [1.82, 2.24) is 4.98 Å². The molecule has 0 unspecified atom stereocenters. The topological polar surface area (TPSA) is 36.0 Å². The van der Waals surface area contributed by atoms with Crippen LogP contribution in [0.25, 0.3) is 11.3 Å². The van der Waals surface area contributed by atoms with Gasteiger partial charge in [0.1, 0.15) is 5.75 Å². The van der Waals surface area contributed by atoms with Gasteiger partial charge in [-0.3, -0.25) is 0 Å². The SMILES string of the molecule is CCCCCCCCCCCCc1cc(C)cc(-c2ccc[nH]2)c1O. The van der Waals surface area contributed by atoms with Crippen LogP contribution in [0.2, 0.25) is 0 Å². The molecule has 0 saturated carbocycles. The molecule has 2 rings (SSSR count). The van der Waals surface area contributed by atoms with Crippen molar-refractivity contribution in [2.75, 3.05) is 0 Å². The van der Waals surface area contributed by atoms with E-state index in [1.54, 1.807) is 0 Å². The van der Waals surface area contributed by atoms with Gasteiger partial charge >= 0.3 is 0 Å². The van der Waals surface area contributed by atoms with Crippen molar-refractivity contribution in [3.63, 3.8) is 0 Å². The van der Waals surface area contributed by atoms with E-state index in [2.05, 4.69) is 31.0 Å². The van der Waals surface area contributed by atoms with Gasteiger partial charge in [-0.2, -0.15) is 0 Å². The van der Waals surface area contributed by atoms with Crippen molar-refractivity contribution < 1.29 is 5.11 Å². The minimum absolute atomic E-state index is 0.448. The molecule has 2 heteroatoms. The first-order chi connectivity index (χ1) is 12.2. The number of nitrogens with one attached hydrogen (secondary N) is 1. The second kappa shape index (κ2) is 11.0. The number of phenolic OH excluding ortho intramolecular Hbond substituents is 1. The number of aromatic nitrogens is 1. The van der Waals surface area contributed by atoms with Crippen LogP contribution in [0.3, 0.4) is 0 Å². The van der Waals surface area contributed by atoms with E-state index >= 15 is 0 Å². The number of H-pyrrole nitrogens is 1. The first kappa shape index (κ1) is 19.6. The maximum atomic E-state index is 10.6. The Morgan fingerprint density at radius 3 is 2.12 bits per heavy atom. The second-order valence-corrected chi connectivity index (χ2v) is 7.34. The maximum absolute atomic E-state index is 10.6. The van der Waals surface area contributed by atoms with Crippen LogP contribution in [0.5, 0.6) is 5.75 Å². The molecule has 0 aliphatic heterocycles. The van der Waals surface area contributed by atoms with Crippen LogP contribution < -0.4 is 0 Å². The van der Waals surface area contributed by atoms with Gasteiger partial charge in [-0.05, 0) is 49.1 Å². The Balaban J connectivity index is 1.71. The van der Waals surface area contributed by atoms with Crippen LogP contribution in [-0.4, -0.2) is 10.1 Å². The van der Waals surface area contributed by atoms with Gasteiger partial charge in [0.15, 0.2) is 0 Å². The number of unbranched alkanes of at least 4 members (excludes halogenated alkanes) is 9. The molecule has 0 bridgehead atoms. The van der Waals surface area contributed by atoms with Crippen molar-refractivity contribution in [2.45, 2.75) is 84.5 Å². The third-order valence-corrected chi connectivity index (χ3v) is 5.02. The molecule has 0 fully saturated rings. The summed E-state index contributed by atoms with van der Waals surface area (Å²) in [7, 11) is 0. The largest absolute Gasteiger partial charge is 0.507 e. The third-order valence-electron chi connectivity index (χ3n) is 5.02. The summed E-state index contributed by atoms with van der Waals surface area (Å²) in [5.74, 6) is 0.448. The van der Waals surface area contributed by atoms with Crippen LogP contribution in [0.15, 0.2) is 30.5 Å². The summed E-state index contributed by atoms with van der Waals surface area (Å²) in [6, 6.07) is 8.18. The number of benzene rings is 1. The van der Waals surface area contributed by atoms with Crippen LogP contribution in [0.1, 0.15) is 82.3 Å². The lowest BCUT2D eigenvalue weighted by molar-refractivity contribution is 0.467. The highest BCUT2D eigenvalue weighted by Gasteiger charge is 2.11. The number of hydrogen-bond donors (Lipinski definition) is 2. The zero-order valence-corrected chi connectivity index (χ0v) is 16.1. The highest BCUT2D eigenvalue weighted by molar-refractivity contribution is 5.70. The number of aryl methyl sites for hydroxylation is 2. The lowest BCUT2D eigenvalue weighted by atomic mass is 9.98. The number of rotatable bonds is 12. The van der Waals surface area contributed by atoms with Crippen molar-refractivity contribution in [1.29, 1.82) is 0 Å². The van der Waals surface area contributed by atoms with Crippen molar-refractivity contribution in [3.05, 3.63) is 41.6 Å². The number of aromatic hydroxyl groups is 1. The number of phenols is 1. The summed E-state index contributed by atoms with van der Waals surface area (Å²) in [5.41, 5.74) is 4.21. The van der Waals surface area contributed by atoms with Crippen LogP contribution in [0.4, 0.5) is 0 Å². The fourth-order valence-corrected chi connectivity index (χ4v) is 3.55. The lowest BCUT2D eigenvalue weighted by Crippen LogP contribution is -1.92. The Kier molecular flexibility index (Phi) is 8.65. The number of aromatic amines is 1. The highest BCUT2D eigenvalue weighted by Crippen LogP contribution is 2.33. The van der Waals surface area contributed by atoms with E-state index in [4.69, 9.17) is 0 Å². The molecule has 2 N–H and O–H groups in total. The molecule has 1 heterocycles. The van der Waals surface area contributed by atoms with E-state index in [0.29, 0.717) is 5.75 Å². The fourth-order valence-electron chi connectivity index (χ4n) is 3.55. The minimum atomic E-state index is 0.448. The summed E-state index contributed by atoms with van der Waals surface area (Å²) in [5, 5.41) is 10.6. The van der Waals surface area contributed by atoms with Gasteiger partial charge in [0, 0.05) is 17.5 Å². The predicted molar refractivity (Wildman–Crippen MR) is 108 cm³/mol. The summed E-state index contributed by atoms with van der Waals surface area (Å²) in [4.78, 5) is 3.20. The predicted octanol–water partition coefficient (Wildman–Crippen LogP) is 7.16. The van der Waals surface area contributed by atoms with E-state index < -0.39 is 0 Å². The molecule has 1 aromatic heterocycles. The monoisotopic (exact) mass is 341 g/mol. The summed E-state index contributed by atoms with van der Waals surface area (Å²) in [6.07, 6.45) is 16.3. The van der Waals surface area contributed by atoms with Crippen molar-refractivity contribution in [3.8, 4) is 17.0 Å². The molecule has 0 amide bonds. The normalized spacial score (nSPS) is 11.1. The van der Waals surface area contributed by atoms with Gasteiger partial charge < -0.3 is 10.1 Å². The first-order valence-corrected chi connectivity index (χ1v) is 10.2. The molecule has 0 spiro atoms. The molecule has 138 valence electrons. The molecule has 2 nitrogen and oxygen atoms in total. The molecular formula is C23H35NO. The van der Waals surface area contributed by atoms with E-state index in [-0.39, 0.29) is 0 Å². The summed E-state index contributed by atoms with van der Waals surface area (Å²) in [6.45, 7) is 4.38. The van der Waals surface area contributed by atoms with Gasteiger partial charge in [-0.1, -0.05) is 70.8 Å². The lowest BCUT2D eigenvalue weighted by Gasteiger charge is -2.11. The minimum Gasteiger partial charge on any atom is -0.507 e.